The lowest BCUT2D eigenvalue weighted by Gasteiger charge is -2.18. The van der Waals surface area contributed by atoms with Crippen molar-refractivity contribution < 1.29 is 13.2 Å². The molecule has 0 saturated heterocycles. The van der Waals surface area contributed by atoms with E-state index in [1.807, 2.05) is 0 Å². The predicted molar refractivity (Wildman–Crippen MR) is 76.8 cm³/mol. The van der Waals surface area contributed by atoms with Gasteiger partial charge in [-0.1, -0.05) is 17.7 Å². The van der Waals surface area contributed by atoms with Crippen LogP contribution in [-0.2, 0) is 17.1 Å². The third-order valence-corrected chi connectivity index (χ3v) is 5.13. The van der Waals surface area contributed by atoms with Crippen LogP contribution in [0.2, 0.25) is 5.15 Å². The topological polar surface area (TPSA) is 64.4 Å². The molecule has 2 rings (SSSR count). The first-order valence-corrected chi connectivity index (χ1v) is 7.49. The molecule has 0 amide bonds. The van der Waals surface area contributed by atoms with Crippen molar-refractivity contribution in [2.24, 2.45) is 7.05 Å². The Morgan fingerprint density at radius 1 is 1.40 bits per heavy atom. The van der Waals surface area contributed by atoms with Gasteiger partial charge in [0.15, 0.2) is 0 Å². The molecule has 0 saturated carbocycles. The van der Waals surface area contributed by atoms with Crippen LogP contribution in [0.15, 0.2) is 35.6 Å². The molecule has 0 unspecified atom stereocenters. The Bertz CT molecular complexity index is 727. The summed E-state index contributed by atoms with van der Waals surface area (Å²) in [5.74, 6) is 0.566. The van der Waals surface area contributed by atoms with Crippen molar-refractivity contribution in [3.05, 3.63) is 35.7 Å². The Morgan fingerprint density at radius 2 is 2.10 bits per heavy atom. The van der Waals surface area contributed by atoms with Gasteiger partial charge < -0.3 is 9.30 Å². The zero-order chi connectivity index (χ0) is 14.9. The second-order valence-corrected chi connectivity index (χ2v) is 6.37. The Balaban J connectivity index is 2.46. The third-order valence-electron chi connectivity index (χ3n) is 2.86. The minimum Gasteiger partial charge on any atom is -0.497 e. The van der Waals surface area contributed by atoms with E-state index in [4.69, 9.17) is 16.3 Å². The normalized spacial score (nSPS) is 11.4. The Morgan fingerprint density at radius 3 is 2.65 bits per heavy atom. The number of halogens is 1. The molecule has 1 aromatic heterocycles. The van der Waals surface area contributed by atoms with Crippen molar-refractivity contribution >= 4 is 27.3 Å². The highest BCUT2D eigenvalue weighted by atomic mass is 35.5. The zero-order valence-electron chi connectivity index (χ0n) is 11.2. The van der Waals surface area contributed by atoms with Crippen LogP contribution in [0.4, 0.5) is 5.69 Å². The molecule has 0 bridgehead atoms. The SMILES string of the molecule is COc1cccc(N(C)S(=O)(=O)c2ncn(C)c2Cl)c1. The number of nitrogens with zero attached hydrogens (tertiary/aromatic N) is 3. The molecule has 6 nitrogen and oxygen atoms in total. The molecule has 1 heterocycles. The van der Waals surface area contributed by atoms with E-state index < -0.39 is 10.0 Å². The standard InChI is InChI=1S/C12H14ClN3O3S/c1-15-8-14-12(11(15)13)20(17,18)16(2)9-5-4-6-10(7-9)19-3/h4-8H,1-3H3. The lowest BCUT2D eigenvalue weighted by Crippen LogP contribution is -2.27. The van der Waals surface area contributed by atoms with Crippen molar-refractivity contribution in [3.63, 3.8) is 0 Å². The van der Waals surface area contributed by atoms with Crippen LogP contribution in [0, 0.1) is 0 Å². The predicted octanol–water partition coefficient (Wildman–Crippen LogP) is 1.91. The first kappa shape index (κ1) is 14.7. The molecule has 0 aliphatic heterocycles. The first-order valence-electron chi connectivity index (χ1n) is 5.67. The number of aryl methyl sites for hydroxylation is 1. The van der Waals surface area contributed by atoms with Crippen LogP contribution >= 0.6 is 11.6 Å². The quantitative estimate of drug-likeness (QED) is 0.864. The van der Waals surface area contributed by atoms with E-state index in [0.717, 1.165) is 4.31 Å². The van der Waals surface area contributed by atoms with Gasteiger partial charge in [-0.15, -0.1) is 0 Å². The highest BCUT2D eigenvalue weighted by Gasteiger charge is 2.27. The Labute approximate surface area is 122 Å². The van der Waals surface area contributed by atoms with Crippen molar-refractivity contribution in [1.82, 2.24) is 9.55 Å². The van der Waals surface area contributed by atoms with E-state index in [1.54, 1.807) is 31.3 Å². The number of hydrogen-bond donors (Lipinski definition) is 0. The van der Waals surface area contributed by atoms with Gasteiger partial charge in [-0.2, -0.15) is 8.42 Å². The first-order chi connectivity index (χ1) is 9.37. The van der Waals surface area contributed by atoms with E-state index in [2.05, 4.69) is 4.98 Å². The molecule has 0 spiro atoms. The smallest absolute Gasteiger partial charge is 0.284 e. The maximum absolute atomic E-state index is 12.5. The van der Waals surface area contributed by atoms with Crippen LogP contribution in [0.25, 0.3) is 0 Å². The molecule has 1 aromatic carbocycles. The second-order valence-electron chi connectivity index (χ2n) is 4.13. The fourth-order valence-electron chi connectivity index (χ4n) is 1.64. The average molecular weight is 316 g/mol. The maximum atomic E-state index is 12.5. The summed E-state index contributed by atoms with van der Waals surface area (Å²) in [7, 11) is 0.769. The largest absolute Gasteiger partial charge is 0.497 e. The van der Waals surface area contributed by atoms with Crippen LogP contribution in [0.3, 0.4) is 0 Å². The van der Waals surface area contributed by atoms with Crippen LogP contribution in [-0.4, -0.2) is 32.1 Å². The monoisotopic (exact) mass is 315 g/mol. The highest BCUT2D eigenvalue weighted by Crippen LogP contribution is 2.27. The number of rotatable bonds is 4. The molecule has 0 atom stereocenters. The maximum Gasteiger partial charge on any atom is 0.284 e. The summed E-state index contributed by atoms with van der Waals surface area (Å²) < 4.78 is 32.6. The third kappa shape index (κ3) is 2.46. The van der Waals surface area contributed by atoms with Crippen LogP contribution < -0.4 is 9.04 Å². The van der Waals surface area contributed by atoms with Gasteiger partial charge in [0.1, 0.15) is 10.9 Å². The number of aromatic nitrogens is 2. The minimum atomic E-state index is -3.81. The minimum absolute atomic E-state index is 0.0692. The summed E-state index contributed by atoms with van der Waals surface area (Å²) >= 11 is 5.95. The summed E-state index contributed by atoms with van der Waals surface area (Å²) in [4.78, 5) is 3.85. The summed E-state index contributed by atoms with van der Waals surface area (Å²) in [6.07, 6.45) is 1.36. The van der Waals surface area contributed by atoms with Gasteiger partial charge in [0.05, 0.1) is 19.1 Å². The number of hydrogen-bond acceptors (Lipinski definition) is 4. The van der Waals surface area contributed by atoms with Crippen LogP contribution in [0.5, 0.6) is 5.75 Å². The molecule has 8 heteroatoms. The van der Waals surface area contributed by atoms with E-state index in [1.165, 1.54) is 25.1 Å². The van der Waals surface area contributed by atoms with E-state index in [9.17, 15) is 8.42 Å². The van der Waals surface area contributed by atoms with E-state index in [-0.39, 0.29) is 10.2 Å². The fraction of sp³-hybridized carbons (Fsp3) is 0.250. The number of benzene rings is 1. The molecule has 0 aliphatic carbocycles. The van der Waals surface area contributed by atoms with Crippen molar-refractivity contribution in [3.8, 4) is 5.75 Å². The molecule has 108 valence electrons. The molecular weight excluding hydrogens is 302 g/mol. The van der Waals surface area contributed by atoms with Gasteiger partial charge >= 0.3 is 0 Å². The number of ether oxygens (including phenoxy) is 1. The lowest BCUT2D eigenvalue weighted by molar-refractivity contribution is 0.415. The van der Waals surface area contributed by atoms with Crippen molar-refractivity contribution in [2.75, 3.05) is 18.5 Å². The summed E-state index contributed by atoms with van der Waals surface area (Å²) in [5.41, 5.74) is 0.464. The van der Waals surface area contributed by atoms with Crippen molar-refractivity contribution in [2.45, 2.75) is 5.03 Å². The second kappa shape index (κ2) is 5.34. The number of anilines is 1. The van der Waals surface area contributed by atoms with Gasteiger partial charge in [-0.3, -0.25) is 4.31 Å². The van der Waals surface area contributed by atoms with Gasteiger partial charge in [0, 0.05) is 20.2 Å². The average Bonchev–Trinajstić information content (AvgIpc) is 2.78. The van der Waals surface area contributed by atoms with Gasteiger partial charge in [0.2, 0.25) is 5.03 Å². The Kier molecular flexibility index (Phi) is 3.92. The molecule has 2 aromatic rings. The van der Waals surface area contributed by atoms with Crippen LogP contribution in [0.1, 0.15) is 0 Å². The summed E-state index contributed by atoms with van der Waals surface area (Å²) in [5, 5.41) is -0.105. The number of sulfonamides is 1. The number of imidazole rings is 1. The molecule has 20 heavy (non-hydrogen) atoms. The zero-order valence-corrected chi connectivity index (χ0v) is 12.8. The number of methoxy groups -OCH3 is 1. The molecular formula is C12H14ClN3O3S. The van der Waals surface area contributed by atoms with E-state index in [0.29, 0.717) is 11.4 Å². The molecule has 0 radical (unpaired) electrons. The van der Waals surface area contributed by atoms with Crippen molar-refractivity contribution in [1.29, 1.82) is 0 Å². The van der Waals surface area contributed by atoms with E-state index >= 15 is 0 Å². The fourth-order valence-corrected chi connectivity index (χ4v) is 3.21. The lowest BCUT2D eigenvalue weighted by atomic mass is 10.3. The van der Waals surface area contributed by atoms with Gasteiger partial charge in [-0.25, -0.2) is 4.98 Å². The Hall–Kier alpha value is -1.73. The molecule has 0 N–H and O–H groups in total. The van der Waals surface area contributed by atoms with Gasteiger partial charge in [0.25, 0.3) is 10.0 Å². The van der Waals surface area contributed by atoms with Gasteiger partial charge in [-0.05, 0) is 12.1 Å². The molecule has 0 fully saturated rings. The highest BCUT2D eigenvalue weighted by molar-refractivity contribution is 7.92. The summed E-state index contributed by atoms with van der Waals surface area (Å²) in [6.45, 7) is 0. The summed E-state index contributed by atoms with van der Waals surface area (Å²) in [6, 6.07) is 6.73. The molecule has 0 aliphatic rings.